The first kappa shape index (κ1) is 27.0. The summed E-state index contributed by atoms with van der Waals surface area (Å²) in [4.78, 5) is 35.4. The van der Waals surface area contributed by atoms with Gasteiger partial charge in [-0.3, -0.25) is 15.0 Å². The number of aromatic amines is 1. The lowest BCUT2D eigenvalue weighted by Crippen LogP contribution is -2.42. The summed E-state index contributed by atoms with van der Waals surface area (Å²) in [5.41, 5.74) is 4.50. The highest BCUT2D eigenvalue weighted by Crippen LogP contribution is 2.28. The van der Waals surface area contributed by atoms with Crippen LogP contribution in [-0.2, 0) is 11.3 Å². The van der Waals surface area contributed by atoms with E-state index in [-0.39, 0.29) is 12.0 Å². The quantitative estimate of drug-likeness (QED) is 0.405. The maximum Gasteiger partial charge on any atom is 0.411 e. The van der Waals surface area contributed by atoms with Gasteiger partial charge in [-0.05, 0) is 62.5 Å². The predicted molar refractivity (Wildman–Crippen MR) is 154 cm³/mol. The number of carbonyl (C=O) groups is 2. The highest BCUT2D eigenvalue weighted by Gasteiger charge is 2.24. The van der Waals surface area contributed by atoms with Crippen LogP contribution >= 0.6 is 0 Å². The van der Waals surface area contributed by atoms with Crippen molar-refractivity contribution < 1.29 is 14.3 Å². The van der Waals surface area contributed by atoms with Crippen LogP contribution in [0.1, 0.15) is 41.9 Å². The van der Waals surface area contributed by atoms with Gasteiger partial charge in [0.05, 0.1) is 5.69 Å². The van der Waals surface area contributed by atoms with Crippen LogP contribution in [0.25, 0.3) is 11.1 Å². The van der Waals surface area contributed by atoms with Crippen LogP contribution in [-0.4, -0.2) is 84.1 Å². The number of H-pyrrole nitrogens is 1. The molecule has 3 heterocycles. The molecule has 0 unspecified atom stereocenters. The third-order valence-electron chi connectivity index (χ3n) is 7.72. The summed E-state index contributed by atoms with van der Waals surface area (Å²) in [6.07, 6.45) is 3.54. The summed E-state index contributed by atoms with van der Waals surface area (Å²) in [5, 5.41) is 2.93. The van der Waals surface area contributed by atoms with Crippen molar-refractivity contribution in [2.24, 2.45) is 0 Å². The Morgan fingerprint density at radius 1 is 0.923 bits per heavy atom. The molecule has 2 aliphatic rings. The largest absolute Gasteiger partial charge is 0.446 e. The van der Waals surface area contributed by atoms with E-state index < -0.39 is 6.09 Å². The lowest BCUT2D eigenvalue weighted by Gasteiger charge is -2.32. The van der Waals surface area contributed by atoms with Gasteiger partial charge in [-0.2, -0.15) is 0 Å². The smallest absolute Gasteiger partial charge is 0.411 e. The minimum absolute atomic E-state index is 0.0216. The second-order valence-electron chi connectivity index (χ2n) is 10.6. The molecule has 3 aromatic rings. The molecule has 2 amide bonds. The SMILES string of the molecule is CN(CCN1CCC(OC(=O)Nc2ccccc2-c2ccccc2)CC1)C(=O)c1ccc(CN2CCCC2)[nH]1. The average Bonchev–Trinajstić information content (AvgIpc) is 3.66. The van der Waals surface area contributed by atoms with Crippen LogP contribution in [0.4, 0.5) is 10.5 Å². The van der Waals surface area contributed by atoms with Gasteiger partial charge in [0.25, 0.3) is 5.91 Å². The first-order valence-electron chi connectivity index (χ1n) is 14.1. The number of piperidine rings is 1. The normalized spacial score (nSPS) is 16.7. The van der Waals surface area contributed by atoms with Crippen molar-refractivity contribution in [3.05, 3.63) is 78.1 Å². The molecule has 5 rings (SSSR count). The summed E-state index contributed by atoms with van der Waals surface area (Å²) in [7, 11) is 1.86. The summed E-state index contributed by atoms with van der Waals surface area (Å²) in [5.74, 6) is 0.0216. The molecule has 8 heteroatoms. The van der Waals surface area contributed by atoms with Crippen LogP contribution < -0.4 is 5.32 Å². The maximum absolute atomic E-state index is 12.9. The third-order valence-corrected chi connectivity index (χ3v) is 7.72. The molecule has 8 nitrogen and oxygen atoms in total. The van der Waals surface area contributed by atoms with Crippen LogP contribution in [0.15, 0.2) is 66.7 Å². The van der Waals surface area contributed by atoms with Crippen molar-refractivity contribution in [3.63, 3.8) is 0 Å². The molecule has 2 aliphatic heterocycles. The van der Waals surface area contributed by atoms with Gasteiger partial charge in [-0.15, -0.1) is 0 Å². The van der Waals surface area contributed by atoms with E-state index in [4.69, 9.17) is 4.74 Å². The lowest BCUT2D eigenvalue weighted by molar-refractivity contribution is 0.0539. The van der Waals surface area contributed by atoms with Gasteiger partial charge >= 0.3 is 6.09 Å². The Morgan fingerprint density at radius 3 is 2.41 bits per heavy atom. The number of ether oxygens (including phenoxy) is 1. The zero-order valence-electron chi connectivity index (χ0n) is 22.8. The third kappa shape index (κ3) is 7.28. The number of likely N-dealkylation sites (tertiary alicyclic amines) is 2. The van der Waals surface area contributed by atoms with E-state index >= 15 is 0 Å². The number of para-hydroxylation sites is 1. The Labute approximate surface area is 230 Å². The second-order valence-corrected chi connectivity index (χ2v) is 10.6. The van der Waals surface area contributed by atoms with Crippen molar-refractivity contribution in [2.45, 2.75) is 38.3 Å². The van der Waals surface area contributed by atoms with E-state index in [1.807, 2.05) is 73.8 Å². The highest BCUT2D eigenvalue weighted by molar-refractivity contribution is 5.92. The first-order chi connectivity index (χ1) is 19.0. The molecule has 2 saturated heterocycles. The number of hydrogen-bond donors (Lipinski definition) is 2. The van der Waals surface area contributed by atoms with E-state index in [9.17, 15) is 9.59 Å². The van der Waals surface area contributed by atoms with Crippen LogP contribution in [0, 0.1) is 0 Å². The fourth-order valence-corrected chi connectivity index (χ4v) is 5.44. The fourth-order valence-electron chi connectivity index (χ4n) is 5.44. The molecular weight excluding hydrogens is 490 g/mol. The number of aromatic nitrogens is 1. The summed E-state index contributed by atoms with van der Waals surface area (Å²) < 4.78 is 5.76. The number of hydrogen-bond acceptors (Lipinski definition) is 5. The van der Waals surface area contributed by atoms with Gasteiger partial charge in [0.15, 0.2) is 0 Å². The Hall–Kier alpha value is -3.62. The predicted octanol–water partition coefficient (Wildman–Crippen LogP) is 5.06. The van der Waals surface area contributed by atoms with Gasteiger partial charge < -0.3 is 19.5 Å². The minimum Gasteiger partial charge on any atom is -0.446 e. The molecule has 0 atom stereocenters. The molecule has 0 spiro atoms. The summed E-state index contributed by atoms with van der Waals surface area (Å²) in [6.45, 7) is 6.28. The first-order valence-corrected chi connectivity index (χ1v) is 14.1. The number of nitrogens with zero attached hydrogens (tertiary/aromatic N) is 3. The zero-order chi connectivity index (χ0) is 27.0. The molecule has 2 fully saturated rings. The number of nitrogens with one attached hydrogen (secondary N) is 2. The Bertz CT molecular complexity index is 1230. The molecule has 2 aromatic carbocycles. The number of anilines is 1. The highest BCUT2D eigenvalue weighted by atomic mass is 16.6. The van der Waals surface area contributed by atoms with Crippen molar-refractivity contribution in [3.8, 4) is 11.1 Å². The van der Waals surface area contributed by atoms with Gasteiger partial charge in [0.1, 0.15) is 11.8 Å². The number of carbonyl (C=O) groups excluding carboxylic acids is 2. The standard InChI is InChI=1S/C31H39N5O3/c1-34(30(37)29-14-13-25(32-29)23-36-17-7-8-18-36)21-22-35-19-15-26(16-20-35)39-31(38)33-28-12-6-5-11-27(28)24-9-3-2-4-10-24/h2-6,9-14,26,32H,7-8,15-23H2,1H3,(H,33,38). The molecule has 0 saturated carbocycles. The molecular formula is C31H39N5O3. The maximum atomic E-state index is 12.9. The molecule has 39 heavy (non-hydrogen) atoms. The van der Waals surface area contributed by atoms with Gasteiger partial charge in [-0.1, -0.05) is 48.5 Å². The minimum atomic E-state index is -0.419. The fraction of sp³-hybridized carbons (Fsp3) is 0.419. The number of benzene rings is 2. The molecule has 1 aromatic heterocycles. The van der Waals surface area contributed by atoms with E-state index in [0.29, 0.717) is 12.2 Å². The van der Waals surface area contributed by atoms with E-state index in [1.165, 1.54) is 12.8 Å². The number of likely N-dealkylation sites (N-methyl/N-ethyl adjacent to an activating group) is 1. The van der Waals surface area contributed by atoms with E-state index in [0.717, 1.165) is 74.6 Å². The van der Waals surface area contributed by atoms with Crippen LogP contribution in [0.3, 0.4) is 0 Å². The molecule has 0 aliphatic carbocycles. The van der Waals surface area contributed by atoms with Gasteiger partial charge in [-0.25, -0.2) is 4.79 Å². The summed E-state index contributed by atoms with van der Waals surface area (Å²) in [6, 6.07) is 21.7. The number of amides is 2. The van der Waals surface area contributed by atoms with E-state index in [1.54, 1.807) is 4.90 Å². The van der Waals surface area contributed by atoms with E-state index in [2.05, 4.69) is 20.1 Å². The monoisotopic (exact) mass is 529 g/mol. The topological polar surface area (TPSA) is 80.9 Å². The number of rotatable bonds is 9. The molecule has 0 bridgehead atoms. The Morgan fingerprint density at radius 2 is 1.64 bits per heavy atom. The van der Waals surface area contributed by atoms with Crippen LogP contribution in [0.5, 0.6) is 0 Å². The Balaban J connectivity index is 1.03. The van der Waals surface area contributed by atoms with Crippen molar-refractivity contribution in [1.82, 2.24) is 19.7 Å². The molecule has 206 valence electrons. The van der Waals surface area contributed by atoms with Gasteiger partial charge in [0, 0.05) is 51.0 Å². The average molecular weight is 530 g/mol. The molecule has 2 N–H and O–H groups in total. The van der Waals surface area contributed by atoms with Crippen LogP contribution in [0.2, 0.25) is 0 Å². The van der Waals surface area contributed by atoms with Crippen molar-refractivity contribution in [1.29, 1.82) is 0 Å². The zero-order valence-corrected chi connectivity index (χ0v) is 22.8. The lowest BCUT2D eigenvalue weighted by atomic mass is 10.0. The summed E-state index contributed by atoms with van der Waals surface area (Å²) >= 11 is 0. The van der Waals surface area contributed by atoms with Crippen molar-refractivity contribution >= 4 is 17.7 Å². The second kappa shape index (κ2) is 13.0. The molecule has 0 radical (unpaired) electrons. The van der Waals surface area contributed by atoms with Crippen molar-refractivity contribution in [2.75, 3.05) is 51.6 Å². The Kier molecular flexibility index (Phi) is 8.96. The van der Waals surface area contributed by atoms with Gasteiger partial charge in [0.2, 0.25) is 0 Å².